The monoisotopic (exact) mass is 190 g/mol. The van der Waals surface area contributed by atoms with Gasteiger partial charge < -0.3 is 5.32 Å². The molecule has 0 spiro atoms. The lowest BCUT2D eigenvalue weighted by atomic mass is 10.1. The van der Waals surface area contributed by atoms with Crippen LogP contribution in [0.25, 0.3) is 0 Å². The molecule has 0 aliphatic carbocycles. The van der Waals surface area contributed by atoms with Crippen LogP contribution in [0.15, 0.2) is 18.6 Å². The maximum Gasteiger partial charge on any atom is 0.115 e. The summed E-state index contributed by atoms with van der Waals surface area (Å²) in [6.45, 7) is 2.76. The molecule has 0 aliphatic heterocycles. The third-order valence-electron chi connectivity index (χ3n) is 2.05. The summed E-state index contributed by atoms with van der Waals surface area (Å²) < 4.78 is 0. The van der Waals surface area contributed by atoms with Crippen LogP contribution < -0.4 is 5.32 Å². The molecule has 0 aromatic carbocycles. The summed E-state index contributed by atoms with van der Waals surface area (Å²) in [6.07, 6.45) is 4.75. The summed E-state index contributed by atoms with van der Waals surface area (Å²) in [7, 11) is 0. The van der Waals surface area contributed by atoms with Crippen molar-refractivity contribution in [3.05, 3.63) is 24.3 Å². The van der Waals surface area contributed by atoms with E-state index in [1.165, 1.54) is 6.33 Å². The average Bonchev–Trinajstić information content (AvgIpc) is 2.25. The quantitative estimate of drug-likeness (QED) is 0.759. The van der Waals surface area contributed by atoms with Crippen LogP contribution in [0, 0.1) is 11.3 Å². The molecule has 0 fully saturated rings. The van der Waals surface area contributed by atoms with Crippen LogP contribution in [0.2, 0.25) is 0 Å². The molecule has 74 valence electrons. The maximum absolute atomic E-state index is 8.55. The molecule has 1 unspecified atom stereocenters. The van der Waals surface area contributed by atoms with Gasteiger partial charge in [-0.05, 0) is 12.5 Å². The Kier molecular flexibility index (Phi) is 4.59. The molecule has 0 saturated carbocycles. The van der Waals surface area contributed by atoms with Gasteiger partial charge in [0.05, 0.1) is 18.2 Å². The Morgan fingerprint density at radius 3 is 3.07 bits per heavy atom. The number of nitrogens with zero attached hydrogens (tertiary/aromatic N) is 3. The Morgan fingerprint density at radius 1 is 1.64 bits per heavy atom. The van der Waals surface area contributed by atoms with Crippen LogP contribution in [0.1, 0.15) is 25.5 Å². The molecule has 1 aromatic rings. The first kappa shape index (κ1) is 10.6. The van der Waals surface area contributed by atoms with Gasteiger partial charge >= 0.3 is 0 Å². The second kappa shape index (κ2) is 6.06. The van der Waals surface area contributed by atoms with Crippen molar-refractivity contribution < 1.29 is 0 Å². The molecule has 14 heavy (non-hydrogen) atoms. The zero-order valence-corrected chi connectivity index (χ0v) is 8.27. The number of hydrogen-bond acceptors (Lipinski definition) is 4. The summed E-state index contributed by atoms with van der Waals surface area (Å²) in [5.74, 6) is 0. The molecular formula is C10H14N4. The highest BCUT2D eigenvalue weighted by Gasteiger charge is 2.04. The minimum Gasteiger partial charge on any atom is -0.307 e. The van der Waals surface area contributed by atoms with Crippen LogP contribution in [0.5, 0.6) is 0 Å². The molecule has 0 aliphatic rings. The summed E-state index contributed by atoms with van der Waals surface area (Å²) >= 11 is 0. The van der Waals surface area contributed by atoms with Crippen molar-refractivity contribution in [1.29, 1.82) is 5.26 Å². The molecule has 0 amide bonds. The number of nitriles is 1. The molecule has 1 rings (SSSR count). The molecule has 4 nitrogen and oxygen atoms in total. The van der Waals surface area contributed by atoms with E-state index in [-0.39, 0.29) is 6.04 Å². The molecule has 1 aromatic heterocycles. The van der Waals surface area contributed by atoms with Gasteiger partial charge in [0.1, 0.15) is 6.33 Å². The van der Waals surface area contributed by atoms with E-state index in [9.17, 15) is 0 Å². The smallest absolute Gasteiger partial charge is 0.115 e. The van der Waals surface area contributed by atoms with Crippen molar-refractivity contribution in [3.63, 3.8) is 0 Å². The van der Waals surface area contributed by atoms with Crippen LogP contribution >= 0.6 is 0 Å². The molecule has 0 saturated heterocycles. The molecule has 1 atom stereocenters. The van der Waals surface area contributed by atoms with Gasteiger partial charge in [0.25, 0.3) is 0 Å². The molecule has 1 heterocycles. The van der Waals surface area contributed by atoms with Crippen molar-refractivity contribution in [1.82, 2.24) is 15.3 Å². The summed E-state index contributed by atoms with van der Waals surface area (Å²) in [5.41, 5.74) is 0.955. The van der Waals surface area contributed by atoms with Gasteiger partial charge in [-0.25, -0.2) is 9.97 Å². The standard InChI is InChI=1S/C10H14N4/c1-2-9(3-5-11)13-7-10-4-6-12-8-14-10/h4,6,8-9,13H,2-3,7H2,1H3. The first-order chi connectivity index (χ1) is 6.86. The fourth-order valence-electron chi connectivity index (χ4n) is 1.14. The highest BCUT2D eigenvalue weighted by Crippen LogP contribution is 1.98. The first-order valence-electron chi connectivity index (χ1n) is 4.72. The van der Waals surface area contributed by atoms with E-state index in [1.54, 1.807) is 6.20 Å². The van der Waals surface area contributed by atoms with Gasteiger partial charge in [-0.15, -0.1) is 0 Å². The van der Waals surface area contributed by atoms with Crippen LogP contribution in [0.3, 0.4) is 0 Å². The predicted octanol–water partition coefficient (Wildman–Crippen LogP) is 1.26. The maximum atomic E-state index is 8.55. The lowest BCUT2D eigenvalue weighted by molar-refractivity contribution is 0.500. The molecular weight excluding hydrogens is 176 g/mol. The second-order valence-electron chi connectivity index (χ2n) is 3.05. The Bertz CT molecular complexity index is 291. The lowest BCUT2D eigenvalue weighted by Gasteiger charge is -2.12. The van der Waals surface area contributed by atoms with Crippen molar-refractivity contribution >= 4 is 0 Å². The third-order valence-corrected chi connectivity index (χ3v) is 2.05. The Morgan fingerprint density at radius 2 is 2.50 bits per heavy atom. The number of aromatic nitrogens is 2. The van der Waals surface area contributed by atoms with Crippen LogP contribution in [-0.2, 0) is 6.54 Å². The summed E-state index contributed by atoms with van der Waals surface area (Å²) in [4.78, 5) is 7.93. The van der Waals surface area contributed by atoms with Gasteiger partial charge in [-0.3, -0.25) is 0 Å². The van der Waals surface area contributed by atoms with Gasteiger partial charge in [0, 0.05) is 18.8 Å². The number of nitrogens with one attached hydrogen (secondary N) is 1. The number of rotatable bonds is 5. The van der Waals surface area contributed by atoms with Gasteiger partial charge in [-0.2, -0.15) is 5.26 Å². The van der Waals surface area contributed by atoms with E-state index < -0.39 is 0 Å². The highest BCUT2D eigenvalue weighted by atomic mass is 14.9. The lowest BCUT2D eigenvalue weighted by Crippen LogP contribution is -2.27. The molecule has 4 heteroatoms. The van der Waals surface area contributed by atoms with E-state index >= 15 is 0 Å². The Hall–Kier alpha value is -1.47. The fourth-order valence-corrected chi connectivity index (χ4v) is 1.14. The second-order valence-corrected chi connectivity index (χ2v) is 3.05. The van der Waals surface area contributed by atoms with Crippen molar-refractivity contribution in [2.75, 3.05) is 0 Å². The van der Waals surface area contributed by atoms with E-state index in [2.05, 4.69) is 28.3 Å². The molecule has 0 radical (unpaired) electrons. The first-order valence-corrected chi connectivity index (χ1v) is 4.72. The van der Waals surface area contributed by atoms with E-state index in [1.807, 2.05) is 6.07 Å². The van der Waals surface area contributed by atoms with Crippen LogP contribution in [-0.4, -0.2) is 16.0 Å². The van der Waals surface area contributed by atoms with Gasteiger partial charge in [0.15, 0.2) is 0 Å². The zero-order chi connectivity index (χ0) is 10.2. The van der Waals surface area contributed by atoms with Gasteiger partial charge in [0.2, 0.25) is 0 Å². The number of hydrogen-bond donors (Lipinski definition) is 1. The molecule has 1 N–H and O–H groups in total. The van der Waals surface area contributed by atoms with E-state index in [4.69, 9.17) is 5.26 Å². The van der Waals surface area contributed by atoms with Crippen molar-refractivity contribution in [3.8, 4) is 6.07 Å². The minimum absolute atomic E-state index is 0.259. The fraction of sp³-hybridized carbons (Fsp3) is 0.500. The highest BCUT2D eigenvalue weighted by molar-refractivity contribution is 4.97. The normalized spacial score (nSPS) is 12.0. The Labute approximate surface area is 84.0 Å². The Balaban J connectivity index is 2.36. The largest absolute Gasteiger partial charge is 0.307 e. The van der Waals surface area contributed by atoms with E-state index in [0.717, 1.165) is 12.1 Å². The van der Waals surface area contributed by atoms with Crippen molar-refractivity contribution in [2.24, 2.45) is 0 Å². The summed E-state index contributed by atoms with van der Waals surface area (Å²) in [6, 6.07) is 4.29. The molecule has 0 bridgehead atoms. The minimum atomic E-state index is 0.259. The van der Waals surface area contributed by atoms with Crippen molar-refractivity contribution in [2.45, 2.75) is 32.4 Å². The van der Waals surface area contributed by atoms with E-state index in [0.29, 0.717) is 13.0 Å². The third kappa shape index (κ3) is 3.50. The zero-order valence-electron chi connectivity index (χ0n) is 8.27. The van der Waals surface area contributed by atoms with Gasteiger partial charge in [-0.1, -0.05) is 6.92 Å². The van der Waals surface area contributed by atoms with Crippen LogP contribution in [0.4, 0.5) is 0 Å². The topological polar surface area (TPSA) is 61.6 Å². The summed E-state index contributed by atoms with van der Waals surface area (Å²) in [5, 5.41) is 11.8. The average molecular weight is 190 g/mol. The predicted molar refractivity (Wildman–Crippen MR) is 53.2 cm³/mol. The SMILES string of the molecule is CCC(CC#N)NCc1ccncn1.